The molecule has 0 radical (unpaired) electrons. The highest BCUT2D eigenvalue weighted by atomic mass is 16.5. The predicted molar refractivity (Wildman–Crippen MR) is 87.7 cm³/mol. The number of ether oxygens (including phenoxy) is 1. The predicted octanol–water partition coefficient (Wildman–Crippen LogP) is 5.01. The van der Waals surface area contributed by atoms with Crippen molar-refractivity contribution in [1.29, 1.82) is 0 Å². The van der Waals surface area contributed by atoms with Gasteiger partial charge in [0.05, 0.1) is 6.10 Å². The molecule has 3 rings (SSSR count). The smallest absolute Gasteiger partial charge is 0.119 e. The summed E-state index contributed by atoms with van der Waals surface area (Å²) in [6, 6.07) is 18.8. The summed E-state index contributed by atoms with van der Waals surface area (Å²) in [6.07, 6.45) is 6.80. The number of rotatable bonds is 5. The monoisotopic (exact) mass is 281 g/mol. The van der Waals surface area contributed by atoms with Crippen molar-refractivity contribution in [2.45, 2.75) is 44.8 Å². The Balaban J connectivity index is 1.51. The van der Waals surface area contributed by atoms with Gasteiger partial charge in [0.2, 0.25) is 0 Å². The van der Waals surface area contributed by atoms with Gasteiger partial charge in [0.1, 0.15) is 5.75 Å². The van der Waals surface area contributed by atoms with Gasteiger partial charge in [-0.1, -0.05) is 36.8 Å². The SMILES string of the molecule is c1ccc(CNc2ccc(OC3CCCCC3)cc2)cc1. The average molecular weight is 281 g/mol. The second-order valence-corrected chi connectivity index (χ2v) is 5.74. The summed E-state index contributed by atoms with van der Waals surface area (Å²) in [4.78, 5) is 0. The molecule has 0 aliphatic heterocycles. The molecular formula is C19H23NO. The minimum Gasteiger partial charge on any atom is -0.490 e. The Hall–Kier alpha value is -1.96. The van der Waals surface area contributed by atoms with Gasteiger partial charge in [0, 0.05) is 12.2 Å². The van der Waals surface area contributed by atoms with Crippen molar-refractivity contribution in [3.63, 3.8) is 0 Å². The second-order valence-electron chi connectivity index (χ2n) is 5.74. The number of hydrogen-bond donors (Lipinski definition) is 1. The molecule has 1 N–H and O–H groups in total. The van der Waals surface area contributed by atoms with Crippen LogP contribution in [-0.4, -0.2) is 6.10 Å². The zero-order chi connectivity index (χ0) is 14.3. The fourth-order valence-electron chi connectivity index (χ4n) is 2.83. The quantitative estimate of drug-likeness (QED) is 0.831. The molecule has 0 unspecified atom stereocenters. The molecule has 2 heteroatoms. The van der Waals surface area contributed by atoms with E-state index < -0.39 is 0 Å². The molecule has 21 heavy (non-hydrogen) atoms. The first-order valence-corrected chi connectivity index (χ1v) is 7.95. The van der Waals surface area contributed by atoms with Crippen molar-refractivity contribution >= 4 is 5.69 Å². The Morgan fingerprint density at radius 3 is 2.29 bits per heavy atom. The van der Waals surface area contributed by atoms with Gasteiger partial charge < -0.3 is 10.1 Å². The first-order valence-electron chi connectivity index (χ1n) is 7.95. The topological polar surface area (TPSA) is 21.3 Å². The van der Waals surface area contributed by atoms with E-state index in [9.17, 15) is 0 Å². The molecule has 0 atom stereocenters. The van der Waals surface area contributed by atoms with Gasteiger partial charge in [-0.3, -0.25) is 0 Å². The van der Waals surface area contributed by atoms with Gasteiger partial charge in [-0.25, -0.2) is 0 Å². The second kappa shape index (κ2) is 7.16. The van der Waals surface area contributed by atoms with Crippen molar-refractivity contribution in [2.75, 3.05) is 5.32 Å². The summed E-state index contributed by atoms with van der Waals surface area (Å²) in [6.45, 7) is 0.851. The van der Waals surface area contributed by atoms with Crippen molar-refractivity contribution in [3.05, 3.63) is 60.2 Å². The largest absolute Gasteiger partial charge is 0.490 e. The van der Waals surface area contributed by atoms with Gasteiger partial charge in [-0.2, -0.15) is 0 Å². The Morgan fingerprint density at radius 2 is 1.57 bits per heavy atom. The zero-order valence-corrected chi connectivity index (χ0v) is 12.4. The Kier molecular flexibility index (Phi) is 4.78. The highest BCUT2D eigenvalue weighted by Gasteiger charge is 2.14. The van der Waals surface area contributed by atoms with Crippen LogP contribution in [0.15, 0.2) is 54.6 Å². The lowest BCUT2D eigenvalue weighted by Crippen LogP contribution is -2.19. The molecule has 0 bridgehead atoms. The van der Waals surface area contributed by atoms with E-state index in [1.807, 2.05) is 6.07 Å². The molecule has 1 aliphatic rings. The zero-order valence-electron chi connectivity index (χ0n) is 12.4. The van der Waals surface area contributed by atoms with Crippen LogP contribution >= 0.6 is 0 Å². The van der Waals surface area contributed by atoms with Gasteiger partial charge in [-0.05, 0) is 55.5 Å². The maximum Gasteiger partial charge on any atom is 0.119 e. The fourth-order valence-corrected chi connectivity index (χ4v) is 2.83. The van der Waals surface area contributed by atoms with Gasteiger partial charge >= 0.3 is 0 Å². The van der Waals surface area contributed by atoms with Gasteiger partial charge in [0.25, 0.3) is 0 Å². The summed E-state index contributed by atoms with van der Waals surface area (Å²) >= 11 is 0. The van der Waals surface area contributed by atoms with E-state index in [2.05, 4.69) is 53.8 Å². The van der Waals surface area contributed by atoms with E-state index in [1.165, 1.54) is 37.7 Å². The summed E-state index contributed by atoms with van der Waals surface area (Å²) in [5.41, 5.74) is 2.43. The van der Waals surface area contributed by atoms with Crippen molar-refractivity contribution in [1.82, 2.24) is 0 Å². The lowest BCUT2D eigenvalue weighted by molar-refractivity contribution is 0.155. The molecule has 0 aromatic heterocycles. The molecular weight excluding hydrogens is 258 g/mol. The summed E-state index contributed by atoms with van der Waals surface area (Å²) in [7, 11) is 0. The van der Waals surface area contributed by atoms with Crippen LogP contribution in [0.25, 0.3) is 0 Å². The van der Waals surface area contributed by atoms with Crippen LogP contribution in [0.3, 0.4) is 0 Å². The fraction of sp³-hybridized carbons (Fsp3) is 0.368. The third-order valence-electron chi connectivity index (χ3n) is 4.05. The van der Waals surface area contributed by atoms with E-state index in [0.29, 0.717) is 6.10 Å². The van der Waals surface area contributed by atoms with Crippen LogP contribution in [0.1, 0.15) is 37.7 Å². The van der Waals surface area contributed by atoms with Crippen LogP contribution in [0.4, 0.5) is 5.69 Å². The highest BCUT2D eigenvalue weighted by molar-refractivity contribution is 5.46. The molecule has 110 valence electrons. The molecule has 2 aromatic carbocycles. The van der Waals surface area contributed by atoms with E-state index in [-0.39, 0.29) is 0 Å². The minimum atomic E-state index is 0.418. The third-order valence-corrected chi connectivity index (χ3v) is 4.05. The van der Waals surface area contributed by atoms with E-state index >= 15 is 0 Å². The van der Waals surface area contributed by atoms with Crippen LogP contribution < -0.4 is 10.1 Å². The van der Waals surface area contributed by atoms with Crippen LogP contribution in [-0.2, 0) is 6.54 Å². The maximum atomic E-state index is 6.05. The normalized spacial score (nSPS) is 15.6. The summed E-state index contributed by atoms with van der Waals surface area (Å²) in [5, 5.41) is 3.44. The van der Waals surface area contributed by atoms with E-state index in [1.54, 1.807) is 0 Å². The van der Waals surface area contributed by atoms with Crippen LogP contribution in [0.5, 0.6) is 5.75 Å². The van der Waals surface area contributed by atoms with E-state index in [0.717, 1.165) is 18.0 Å². The molecule has 2 nitrogen and oxygen atoms in total. The molecule has 0 amide bonds. The first kappa shape index (κ1) is 14.0. The van der Waals surface area contributed by atoms with Crippen molar-refractivity contribution in [3.8, 4) is 5.75 Å². The molecule has 1 saturated carbocycles. The maximum absolute atomic E-state index is 6.05. The number of nitrogens with one attached hydrogen (secondary N) is 1. The van der Waals surface area contributed by atoms with Crippen molar-refractivity contribution < 1.29 is 4.74 Å². The van der Waals surface area contributed by atoms with Gasteiger partial charge in [0.15, 0.2) is 0 Å². The lowest BCUT2D eigenvalue weighted by Gasteiger charge is -2.23. The molecule has 1 fully saturated rings. The minimum absolute atomic E-state index is 0.418. The Bertz CT molecular complexity index is 529. The summed E-state index contributed by atoms with van der Waals surface area (Å²) in [5.74, 6) is 0.993. The van der Waals surface area contributed by atoms with Crippen molar-refractivity contribution in [2.24, 2.45) is 0 Å². The average Bonchev–Trinajstić information content (AvgIpc) is 2.56. The Labute approximate surface area is 127 Å². The number of benzene rings is 2. The standard InChI is InChI=1S/C19H23NO/c1-3-7-16(8-4-1)15-20-17-11-13-19(14-12-17)21-18-9-5-2-6-10-18/h1,3-4,7-8,11-14,18,20H,2,5-6,9-10,15H2. The third kappa shape index (κ3) is 4.25. The molecule has 0 spiro atoms. The molecule has 2 aromatic rings. The summed E-state index contributed by atoms with van der Waals surface area (Å²) < 4.78 is 6.05. The highest BCUT2D eigenvalue weighted by Crippen LogP contribution is 2.24. The number of anilines is 1. The van der Waals surface area contributed by atoms with Crippen LogP contribution in [0, 0.1) is 0 Å². The lowest BCUT2D eigenvalue weighted by atomic mass is 9.98. The molecule has 0 heterocycles. The first-order chi connectivity index (χ1) is 10.4. The molecule has 0 saturated heterocycles. The van der Waals surface area contributed by atoms with Crippen LogP contribution in [0.2, 0.25) is 0 Å². The molecule has 1 aliphatic carbocycles. The van der Waals surface area contributed by atoms with Gasteiger partial charge in [-0.15, -0.1) is 0 Å². The van der Waals surface area contributed by atoms with E-state index in [4.69, 9.17) is 4.74 Å². The number of hydrogen-bond acceptors (Lipinski definition) is 2. The Morgan fingerprint density at radius 1 is 0.857 bits per heavy atom.